The van der Waals surface area contributed by atoms with E-state index in [-0.39, 0.29) is 37.4 Å². The minimum absolute atomic E-state index is 0.0301. The van der Waals surface area contributed by atoms with Crippen LogP contribution in [0.3, 0.4) is 0 Å². The number of benzene rings is 1. The van der Waals surface area contributed by atoms with E-state index in [0.717, 1.165) is 12.8 Å². The largest absolute Gasteiger partial charge is 0.396 e. The Bertz CT molecular complexity index is 1100. The van der Waals surface area contributed by atoms with Gasteiger partial charge in [0.1, 0.15) is 6.04 Å². The molecule has 1 spiro atoms. The van der Waals surface area contributed by atoms with Gasteiger partial charge in [-0.1, -0.05) is 30.7 Å². The standard InChI is InChI=1S/C29H38ClN3O4S/c1-5-15-31(16-6-2)25(35)22-23-26(36)33(18-8-19-34)24(29(23)14-13-28(22,4)38-29)27(37)32(17-7-3)21-11-9-20(30)10-12-21/h5,7,9-12,22-24,34H,1,3,6,8,13-19H2,2,4H3/t22-,23-,24?,28+,29?/m0/s1. The molecule has 3 amide bonds. The van der Waals surface area contributed by atoms with Crippen LogP contribution in [0.15, 0.2) is 49.6 Å². The summed E-state index contributed by atoms with van der Waals surface area (Å²) in [5.74, 6) is -1.49. The lowest BCUT2D eigenvalue weighted by molar-refractivity contribution is -0.145. The second-order valence-corrected chi connectivity index (χ2v) is 13.0. The fourth-order valence-electron chi connectivity index (χ4n) is 6.70. The van der Waals surface area contributed by atoms with Gasteiger partial charge in [-0.3, -0.25) is 14.4 Å². The van der Waals surface area contributed by atoms with E-state index in [4.69, 9.17) is 11.6 Å². The van der Waals surface area contributed by atoms with Gasteiger partial charge in [0.15, 0.2) is 0 Å². The van der Waals surface area contributed by atoms with Gasteiger partial charge in [-0.05, 0) is 56.9 Å². The molecule has 9 heteroatoms. The third-order valence-corrected chi connectivity index (χ3v) is 10.4. The van der Waals surface area contributed by atoms with Crippen LogP contribution in [0.5, 0.6) is 0 Å². The number of amides is 3. The van der Waals surface area contributed by atoms with Gasteiger partial charge in [0.25, 0.3) is 5.91 Å². The Balaban J connectivity index is 1.78. The van der Waals surface area contributed by atoms with Gasteiger partial charge in [0.2, 0.25) is 11.8 Å². The van der Waals surface area contributed by atoms with Crippen molar-refractivity contribution in [2.24, 2.45) is 11.8 Å². The van der Waals surface area contributed by atoms with Crippen LogP contribution in [0, 0.1) is 11.8 Å². The number of aliphatic hydroxyl groups excluding tert-OH is 1. The van der Waals surface area contributed by atoms with Crippen molar-refractivity contribution in [3.8, 4) is 0 Å². The third-order valence-electron chi connectivity index (χ3n) is 8.20. The molecule has 3 aliphatic rings. The molecule has 3 fully saturated rings. The molecule has 4 rings (SSSR count). The highest BCUT2D eigenvalue weighted by atomic mass is 35.5. The Labute approximate surface area is 234 Å². The molecule has 38 heavy (non-hydrogen) atoms. The van der Waals surface area contributed by atoms with E-state index < -0.39 is 27.4 Å². The molecule has 0 aromatic heterocycles. The van der Waals surface area contributed by atoms with Crippen LogP contribution < -0.4 is 4.90 Å². The van der Waals surface area contributed by atoms with Crippen LogP contribution in [0.4, 0.5) is 5.69 Å². The van der Waals surface area contributed by atoms with Gasteiger partial charge in [-0.25, -0.2) is 0 Å². The highest BCUT2D eigenvalue weighted by Crippen LogP contribution is 2.71. The zero-order valence-electron chi connectivity index (χ0n) is 22.3. The molecule has 7 nitrogen and oxygen atoms in total. The summed E-state index contributed by atoms with van der Waals surface area (Å²) in [6.07, 6.45) is 5.99. The van der Waals surface area contributed by atoms with Crippen LogP contribution in [0.1, 0.15) is 39.5 Å². The lowest BCUT2D eigenvalue weighted by atomic mass is 9.66. The van der Waals surface area contributed by atoms with E-state index in [1.807, 2.05) is 6.92 Å². The first kappa shape index (κ1) is 28.7. The number of halogens is 1. The molecule has 3 heterocycles. The second-order valence-electron chi connectivity index (χ2n) is 10.6. The molecule has 206 valence electrons. The predicted octanol–water partition coefficient (Wildman–Crippen LogP) is 4.15. The number of rotatable bonds is 12. The van der Waals surface area contributed by atoms with E-state index in [2.05, 4.69) is 20.1 Å². The lowest BCUT2D eigenvalue weighted by Gasteiger charge is -2.38. The number of carbonyl (C=O) groups excluding carboxylic acids is 3. The van der Waals surface area contributed by atoms with Crippen molar-refractivity contribution < 1.29 is 19.5 Å². The van der Waals surface area contributed by atoms with Crippen molar-refractivity contribution in [1.29, 1.82) is 0 Å². The smallest absolute Gasteiger partial charge is 0.251 e. The second kappa shape index (κ2) is 11.4. The van der Waals surface area contributed by atoms with E-state index in [1.165, 1.54) is 0 Å². The lowest BCUT2D eigenvalue weighted by Crippen LogP contribution is -2.55. The Morgan fingerprint density at radius 3 is 2.47 bits per heavy atom. The minimum atomic E-state index is -0.745. The van der Waals surface area contributed by atoms with Gasteiger partial charge in [-0.15, -0.1) is 24.9 Å². The maximum atomic E-state index is 14.5. The fourth-order valence-corrected chi connectivity index (χ4v) is 9.17. The van der Waals surface area contributed by atoms with Crippen LogP contribution in [0.25, 0.3) is 0 Å². The van der Waals surface area contributed by atoms with E-state index in [0.29, 0.717) is 36.6 Å². The topological polar surface area (TPSA) is 81.2 Å². The number of thioether (sulfide) groups is 1. The molecule has 1 aromatic carbocycles. The monoisotopic (exact) mass is 559 g/mol. The van der Waals surface area contributed by atoms with Crippen LogP contribution in [-0.4, -0.2) is 80.9 Å². The van der Waals surface area contributed by atoms with Crippen molar-refractivity contribution in [2.45, 2.75) is 55.1 Å². The van der Waals surface area contributed by atoms with Crippen LogP contribution in [-0.2, 0) is 14.4 Å². The first-order valence-corrected chi connectivity index (χ1v) is 14.6. The van der Waals surface area contributed by atoms with E-state index in [1.54, 1.807) is 62.9 Å². The Kier molecular flexibility index (Phi) is 8.65. The zero-order valence-corrected chi connectivity index (χ0v) is 23.8. The normalized spacial score (nSPS) is 29.3. The number of aliphatic hydroxyl groups is 1. The van der Waals surface area contributed by atoms with Gasteiger partial charge < -0.3 is 19.8 Å². The van der Waals surface area contributed by atoms with Crippen molar-refractivity contribution in [2.75, 3.05) is 37.7 Å². The molecule has 3 aliphatic heterocycles. The Morgan fingerprint density at radius 2 is 1.87 bits per heavy atom. The Hall–Kier alpha value is -2.29. The first-order valence-electron chi connectivity index (χ1n) is 13.4. The number of fused-ring (bicyclic) bond motifs is 1. The van der Waals surface area contributed by atoms with Crippen molar-refractivity contribution in [1.82, 2.24) is 9.80 Å². The molecular weight excluding hydrogens is 522 g/mol. The average molecular weight is 560 g/mol. The molecule has 2 bridgehead atoms. The molecule has 2 unspecified atom stereocenters. The number of nitrogens with zero attached hydrogens (tertiary/aromatic N) is 3. The Morgan fingerprint density at radius 1 is 1.18 bits per heavy atom. The zero-order chi connectivity index (χ0) is 27.7. The summed E-state index contributed by atoms with van der Waals surface area (Å²) in [6.45, 7) is 13.2. The molecule has 0 aliphatic carbocycles. The quantitative estimate of drug-likeness (QED) is 0.389. The SMILES string of the molecule is C=CCN(CCC)C(=O)[C@@H]1[C@H]2C(=O)N(CCCO)C(C(=O)N(CC=C)c3ccc(Cl)cc3)C23CC[C@@]1(C)S3. The highest BCUT2D eigenvalue weighted by molar-refractivity contribution is 8.02. The summed E-state index contributed by atoms with van der Waals surface area (Å²) in [5, 5.41) is 10.2. The maximum Gasteiger partial charge on any atom is 0.251 e. The van der Waals surface area contributed by atoms with Crippen LogP contribution >= 0.6 is 23.4 Å². The summed E-state index contributed by atoms with van der Waals surface area (Å²) in [6, 6.07) is 6.30. The van der Waals surface area contributed by atoms with Crippen LogP contribution in [0.2, 0.25) is 5.02 Å². The van der Waals surface area contributed by atoms with Crippen molar-refractivity contribution in [3.63, 3.8) is 0 Å². The van der Waals surface area contributed by atoms with Crippen molar-refractivity contribution >= 4 is 46.8 Å². The van der Waals surface area contributed by atoms with E-state index in [9.17, 15) is 19.5 Å². The summed E-state index contributed by atoms with van der Waals surface area (Å²) in [5.41, 5.74) is 0.671. The summed E-state index contributed by atoms with van der Waals surface area (Å²) >= 11 is 7.77. The predicted molar refractivity (Wildman–Crippen MR) is 153 cm³/mol. The highest BCUT2D eigenvalue weighted by Gasteiger charge is 2.77. The summed E-state index contributed by atoms with van der Waals surface area (Å²) in [7, 11) is 0. The van der Waals surface area contributed by atoms with Gasteiger partial charge >= 0.3 is 0 Å². The number of likely N-dealkylation sites (tertiary alicyclic amines) is 1. The summed E-state index contributed by atoms with van der Waals surface area (Å²) in [4.78, 5) is 47.8. The molecule has 1 N–H and O–H groups in total. The van der Waals surface area contributed by atoms with E-state index >= 15 is 0 Å². The number of hydrogen-bond donors (Lipinski definition) is 1. The van der Waals surface area contributed by atoms with Crippen molar-refractivity contribution in [3.05, 3.63) is 54.6 Å². The van der Waals surface area contributed by atoms with Gasteiger partial charge in [0.05, 0.1) is 16.6 Å². The summed E-state index contributed by atoms with van der Waals surface area (Å²) < 4.78 is -1.15. The minimum Gasteiger partial charge on any atom is -0.396 e. The average Bonchev–Trinajstić information content (AvgIpc) is 3.46. The fraction of sp³-hybridized carbons (Fsp3) is 0.552. The molecule has 3 saturated heterocycles. The molecule has 1 aromatic rings. The molecule has 0 saturated carbocycles. The van der Waals surface area contributed by atoms with Gasteiger partial charge in [-0.2, -0.15) is 0 Å². The third kappa shape index (κ3) is 4.69. The number of carbonyl (C=O) groups is 3. The molecular formula is C29H38ClN3O4S. The number of hydrogen-bond acceptors (Lipinski definition) is 5. The maximum absolute atomic E-state index is 14.5. The first-order chi connectivity index (χ1) is 18.2. The molecule has 0 radical (unpaired) electrons. The number of anilines is 1. The van der Waals surface area contributed by atoms with Gasteiger partial charge in [0, 0.05) is 48.2 Å². The molecule has 5 atom stereocenters.